The second-order valence-corrected chi connectivity index (χ2v) is 9.35. The minimum absolute atomic E-state index is 0.207. The van der Waals surface area contributed by atoms with Crippen molar-refractivity contribution in [1.82, 2.24) is 35.7 Å². The lowest BCUT2D eigenvalue weighted by atomic mass is 9.91. The second kappa shape index (κ2) is 12.0. The molecule has 0 aliphatic carbocycles. The van der Waals surface area contributed by atoms with Gasteiger partial charge in [0.15, 0.2) is 5.82 Å². The monoisotopic (exact) mass is 494 g/mol. The molecule has 4 rings (SSSR count). The van der Waals surface area contributed by atoms with Crippen molar-refractivity contribution in [3.05, 3.63) is 59.4 Å². The van der Waals surface area contributed by atoms with Crippen LogP contribution < -0.4 is 16.0 Å². The Labute approximate surface area is 211 Å². The third-order valence-corrected chi connectivity index (χ3v) is 6.88. The molecule has 10 heteroatoms. The molecule has 1 saturated heterocycles. The van der Waals surface area contributed by atoms with Gasteiger partial charge in [-0.3, -0.25) is 0 Å². The molecular formula is C26H35FN8O. The zero-order valence-electron chi connectivity index (χ0n) is 21.2. The molecule has 1 aromatic heterocycles. The number of carbonyl (C=O) groups is 1. The first kappa shape index (κ1) is 25.7. The van der Waals surface area contributed by atoms with Crippen LogP contribution in [0, 0.1) is 11.7 Å². The predicted octanol–water partition coefficient (Wildman–Crippen LogP) is 2.85. The number of hydrogen-bond acceptors (Lipinski definition) is 6. The number of anilines is 1. The lowest BCUT2D eigenvalue weighted by molar-refractivity contribution is 0.142. The largest absolute Gasteiger partial charge is 0.337 e. The van der Waals surface area contributed by atoms with Crippen molar-refractivity contribution in [2.75, 3.05) is 38.5 Å². The van der Waals surface area contributed by atoms with Crippen molar-refractivity contribution in [1.29, 1.82) is 0 Å². The van der Waals surface area contributed by atoms with Crippen LogP contribution in [0.2, 0.25) is 0 Å². The molecule has 2 amide bonds. The van der Waals surface area contributed by atoms with Gasteiger partial charge in [0.1, 0.15) is 5.82 Å². The van der Waals surface area contributed by atoms with Crippen LogP contribution in [0.25, 0.3) is 11.4 Å². The fraction of sp³-hybridized carbons (Fsp3) is 0.462. The Hall–Kier alpha value is -3.37. The quantitative estimate of drug-likeness (QED) is 0.423. The molecular weight excluding hydrogens is 459 g/mol. The summed E-state index contributed by atoms with van der Waals surface area (Å²) in [6.45, 7) is 5.44. The number of tetrazole rings is 1. The summed E-state index contributed by atoms with van der Waals surface area (Å²) >= 11 is 0. The SMILES string of the molecule is CCc1cc(NC(=O)NCC2CN(CCc3ccc(F)cc3)CCC2NC)cc(-c2nnnn2C)c1. The van der Waals surface area contributed by atoms with Crippen LogP contribution in [0.1, 0.15) is 24.5 Å². The average Bonchev–Trinajstić information content (AvgIpc) is 3.32. The third kappa shape index (κ3) is 6.64. The van der Waals surface area contributed by atoms with E-state index in [1.165, 1.54) is 12.1 Å². The zero-order valence-corrected chi connectivity index (χ0v) is 21.2. The van der Waals surface area contributed by atoms with Crippen molar-refractivity contribution in [2.45, 2.75) is 32.2 Å². The summed E-state index contributed by atoms with van der Waals surface area (Å²) in [5.41, 5.74) is 3.79. The van der Waals surface area contributed by atoms with E-state index in [9.17, 15) is 9.18 Å². The molecule has 0 spiro atoms. The highest BCUT2D eigenvalue weighted by Crippen LogP contribution is 2.23. The molecule has 2 atom stereocenters. The molecule has 2 aromatic carbocycles. The summed E-state index contributed by atoms with van der Waals surface area (Å²) in [7, 11) is 3.77. The van der Waals surface area contributed by atoms with Gasteiger partial charge < -0.3 is 20.9 Å². The van der Waals surface area contributed by atoms with Crippen molar-refractivity contribution in [2.24, 2.45) is 13.0 Å². The Balaban J connectivity index is 1.33. The van der Waals surface area contributed by atoms with E-state index in [4.69, 9.17) is 0 Å². The fourth-order valence-electron chi connectivity index (χ4n) is 4.81. The highest BCUT2D eigenvalue weighted by molar-refractivity contribution is 5.90. The summed E-state index contributed by atoms with van der Waals surface area (Å²) in [4.78, 5) is 15.2. The zero-order chi connectivity index (χ0) is 25.5. The van der Waals surface area contributed by atoms with Crippen LogP contribution in [0.5, 0.6) is 0 Å². The Morgan fingerprint density at radius 3 is 2.67 bits per heavy atom. The predicted molar refractivity (Wildman–Crippen MR) is 138 cm³/mol. The van der Waals surface area contributed by atoms with E-state index >= 15 is 0 Å². The van der Waals surface area contributed by atoms with Crippen LogP contribution in [0.4, 0.5) is 14.9 Å². The van der Waals surface area contributed by atoms with Crippen LogP contribution in [0.15, 0.2) is 42.5 Å². The Kier molecular flexibility index (Phi) is 8.61. The van der Waals surface area contributed by atoms with Gasteiger partial charge in [-0.15, -0.1) is 5.10 Å². The maximum Gasteiger partial charge on any atom is 0.319 e. The van der Waals surface area contributed by atoms with E-state index < -0.39 is 0 Å². The Morgan fingerprint density at radius 1 is 1.17 bits per heavy atom. The maximum absolute atomic E-state index is 13.2. The molecule has 36 heavy (non-hydrogen) atoms. The number of benzene rings is 2. The normalized spacial score (nSPS) is 18.2. The van der Waals surface area contributed by atoms with Gasteiger partial charge in [-0.1, -0.05) is 19.1 Å². The minimum Gasteiger partial charge on any atom is -0.337 e. The highest BCUT2D eigenvalue weighted by atomic mass is 19.1. The fourth-order valence-corrected chi connectivity index (χ4v) is 4.81. The number of piperidine rings is 1. The number of likely N-dealkylation sites (tertiary alicyclic amines) is 1. The van der Waals surface area contributed by atoms with E-state index in [1.54, 1.807) is 11.7 Å². The number of hydrogen-bond donors (Lipinski definition) is 3. The van der Waals surface area contributed by atoms with Crippen molar-refractivity contribution < 1.29 is 9.18 Å². The van der Waals surface area contributed by atoms with Gasteiger partial charge in [0.25, 0.3) is 0 Å². The lowest BCUT2D eigenvalue weighted by Crippen LogP contribution is -2.52. The van der Waals surface area contributed by atoms with Crippen LogP contribution in [0.3, 0.4) is 0 Å². The number of amides is 2. The first-order chi connectivity index (χ1) is 17.4. The van der Waals surface area contributed by atoms with Gasteiger partial charge in [-0.25, -0.2) is 13.9 Å². The van der Waals surface area contributed by atoms with Crippen molar-refractivity contribution in [3.8, 4) is 11.4 Å². The van der Waals surface area contributed by atoms with E-state index in [0.29, 0.717) is 24.1 Å². The summed E-state index contributed by atoms with van der Waals surface area (Å²) in [6.07, 6.45) is 2.72. The number of nitrogens with zero attached hydrogens (tertiary/aromatic N) is 5. The Bertz CT molecular complexity index is 1150. The van der Waals surface area contributed by atoms with Crippen LogP contribution in [-0.2, 0) is 19.9 Å². The van der Waals surface area contributed by atoms with Gasteiger partial charge in [0.05, 0.1) is 0 Å². The number of rotatable bonds is 9. The number of urea groups is 1. The van der Waals surface area contributed by atoms with Gasteiger partial charge in [-0.05, 0) is 84.7 Å². The van der Waals surface area contributed by atoms with Gasteiger partial charge >= 0.3 is 6.03 Å². The Morgan fingerprint density at radius 2 is 1.97 bits per heavy atom. The third-order valence-electron chi connectivity index (χ3n) is 6.88. The number of aromatic nitrogens is 4. The highest BCUT2D eigenvalue weighted by Gasteiger charge is 2.28. The number of carbonyl (C=O) groups excluding carboxylic acids is 1. The molecule has 2 unspecified atom stereocenters. The topological polar surface area (TPSA) is 100 Å². The molecule has 1 fully saturated rings. The molecule has 192 valence electrons. The minimum atomic E-state index is -0.233. The summed E-state index contributed by atoms with van der Waals surface area (Å²) in [5, 5.41) is 21.2. The van der Waals surface area contributed by atoms with E-state index in [1.807, 2.05) is 37.4 Å². The first-order valence-corrected chi connectivity index (χ1v) is 12.5. The summed E-state index contributed by atoms with van der Waals surface area (Å²) < 4.78 is 14.8. The smallest absolute Gasteiger partial charge is 0.319 e. The number of nitrogens with one attached hydrogen (secondary N) is 3. The number of aryl methyl sites for hydroxylation is 2. The standard InChI is InChI=1S/C26H35FN8O/c1-4-18-13-20(25-31-32-33-34(25)3)15-23(14-18)30-26(36)29-16-21-17-35(12-10-24(21)28-2)11-9-19-5-7-22(27)8-6-19/h5-8,13-15,21,24,28H,4,9-12,16-17H2,1-3H3,(H2,29,30,36). The second-order valence-electron chi connectivity index (χ2n) is 9.35. The molecule has 1 aliphatic heterocycles. The van der Waals surface area contributed by atoms with E-state index in [0.717, 1.165) is 55.6 Å². The maximum atomic E-state index is 13.2. The van der Waals surface area contributed by atoms with Gasteiger partial charge in [-0.2, -0.15) is 0 Å². The van der Waals surface area contributed by atoms with Crippen LogP contribution in [-0.4, -0.2) is 70.4 Å². The summed E-state index contributed by atoms with van der Waals surface area (Å²) in [5.74, 6) is 0.722. The van der Waals surface area contributed by atoms with E-state index in [2.05, 4.69) is 43.3 Å². The summed E-state index contributed by atoms with van der Waals surface area (Å²) in [6, 6.07) is 12.7. The molecule has 3 aromatic rings. The van der Waals surface area contributed by atoms with E-state index in [-0.39, 0.29) is 17.8 Å². The molecule has 3 N–H and O–H groups in total. The first-order valence-electron chi connectivity index (χ1n) is 12.5. The molecule has 0 bridgehead atoms. The lowest BCUT2D eigenvalue weighted by Gasteiger charge is -2.38. The van der Waals surface area contributed by atoms with Gasteiger partial charge in [0, 0.05) is 49.9 Å². The van der Waals surface area contributed by atoms with Crippen molar-refractivity contribution >= 4 is 11.7 Å². The number of halogens is 1. The molecule has 0 radical (unpaired) electrons. The average molecular weight is 495 g/mol. The molecule has 2 heterocycles. The van der Waals surface area contributed by atoms with Gasteiger partial charge in [0.2, 0.25) is 0 Å². The molecule has 9 nitrogen and oxygen atoms in total. The van der Waals surface area contributed by atoms with Crippen molar-refractivity contribution in [3.63, 3.8) is 0 Å². The molecule has 0 saturated carbocycles. The van der Waals surface area contributed by atoms with Crippen LogP contribution >= 0.6 is 0 Å². The molecule has 1 aliphatic rings.